The molecular weight excluding hydrogens is 260 g/mol. The minimum absolute atomic E-state index is 0.134. The van der Waals surface area contributed by atoms with Crippen LogP contribution in [0.15, 0.2) is 40.6 Å². The Kier molecular flexibility index (Phi) is 9.46. The van der Waals surface area contributed by atoms with E-state index >= 15 is 0 Å². The maximum absolute atomic E-state index is 8.73. The highest BCUT2D eigenvalue weighted by atomic mass is 15.1. The minimum Gasteiger partial charge on any atom is -0.196 e. The number of hydrogen-bond donors (Lipinski definition) is 0. The number of rotatable bonds is 4. The molecule has 0 saturated heterocycles. The van der Waals surface area contributed by atoms with Gasteiger partial charge in [-0.2, -0.15) is 20.8 Å². The van der Waals surface area contributed by atoms with Crippen molar-refractivity contribution in [1.82, 2.24) is 0 Å². The second kappa shape index (κ2) is 10.6. The lowest BCUT2D eigenvalue weighted by Crippen LogP contribution is -2.13. The molecular formula is C17H24N4. The highest BCUT2D eigenvalue weighted by molar-refractivity contribution is 5.11. The van der Waals surface area contributed by atoms with Gasteiger partial charge in [0, 0.05) is 0 Å². The SMILES string of the molecule is CC(C)C(C#N)N=NC(C#N)C(C)C.Cc1ccccc1. The Bertz CT molecular complexity index is 464. The third-order valence-electron chi connectivity index (χ3n) is 2.78. The van der Waals surface area contributed by atoms with E-state index in [1.807, 2.05) is 45.9 Å². The van der Waals surface area contributed by atoms with Crippen molar-refractivity contribution in [3.05, 3.63) is 35.9 Å². The van der Waals surface area contributed by atoms with Crippen molar-refractivity contribution in [1.29, 1.82) is 10.5 Å². The number of aryl methyl sites for hydroxylation is 1. The summed E-state index contributed by atoms with van der Waals surface area (Å²) in [7, 11) is 0. The van der Waals surface area contributed by atoms with Crippen LogP contribution < -0.4 is 0 Å². The van der Waals surface area contributed by atoms with Gasteiger partial charge in [0.15, 0.2) is 12.1 Å². The fourth-order valence-corrected chi connectivity index (χ4v) is 1.29. The van der Waals surface area contributed by atoms with Crippen LogP contribution in [0, 0.1) is 41.4 Å². The molecule has 0 N–H and O–H groups in total. The van der Waals surface area contributed by atoms with Crippen LogP contribution >= 0.6 is 0 Å². The Hall–Kier alpha value is -2.20. The van der Waals surface area contributed by atoms with Crippen molar-refractivity contribution in [2.45, 2.75) is 46.7 Å². The molecule has 0 spiro atoms. The van der Waals surface area contributed by atoms with E-state index in [1.165, 1.54) is 5.56 Å². The number of benzene rings is 1. The van der Waals surface area contributed by atoms with Crippen molar-refractivity contribution in [2.24, 2.45) is 22.1 Å². The summed E-state index contributed by atoms with van der Waals surface area (Å²) in [6, 6.07) is 13.5. The van der Waals surface area contributed by atoms with Gasteiger partial charge in [0.2, 0.25) is 0 Å². The van der Waals surface area contributed by atoms with E-state index in [-0.39, 0.29) is 11.8 Å². The van der Waals surface area contributed by atoms with E-state index in [4.69, 9.17) is 10.5 Å². The van der Waals surface area contributed by atoms with E-state index < -0.39 is 12.1 Å². The summed E-state index contributed by atoms with van der Waals surface area (Å²) < 4.78 is 0. The molecule has 2 atom stereocenters. The minimum atomic E-state index is -0.440. The van der Waals surface area contributed by atoms with Crippen LogP contribution in [0.5, 0.6) is 0 Å². The first-order valence-electron chi connectivity index (χ1n) is 7.13. The normalized spacial score (nSPS) is 13.2. The zero-order valence-electron chi connectivity index (χ0n) is 13.5. The van der Waals surface area contributed by atoms with Gasteiger partial charge in [0.25, 0.3) is 0 Å². The van der Waals surface area contributed by atoms with E-state index in [2.05, 4.69) is 41.4 Å². The molecule has 0 amide bonds. The molecule has 1 aromatic carbocycles. The molecule has 0 bridgehead atoms. The summed E-state index contributed by atoms with van der Waals surface area (Å²) in [6.07, 6.45) is 0. The zero-order valence-corrected chi connectivity index (χ0v) is 13.5. The lowest BCUT2D eigenvalue weighted by atomic mass is 10.1. The first kappa shape index (κ1) is 18.8. The van der Waals surface area contributed by atoms with Gasteiger partial charge in [0.1, 0.15) is 0 Å². The quantitative estimate of drug-likeness (QED) is 0.762. The highest BCUT2D eigenvalue weighted by Crippen LogP contribution is 2.10. The summed E-state index contributed by atoms with van der Waals surface area (Å²) in [4.78, 5) is 0. The predicted molar refractivity (Wildman–Crippen MR) is 84.5 cm³/mol. The van der Waals surface area contributed by atoms with Gasteiger partial charge in [-0.25, -0.2) is 0 Å². The van der Waals surface area contributed by atoms with Gasteiger partial charge in [-0.15, -0.1) is 0 Å². The molecule has 4 nitrogen and oxygen atoms in total. The van der Waals surface area contributed by atoms with Crippen molar-refractivity contribution in [3.63, 3.8) is 0 Å². The monoisotopic (exact) mass is 284 g/mol. The molecule has 0 radical (unpaired) electrons. The lowest BCUT2D eigenvalue weighted by molar-refractivity contribution is 0.507. The fraction of sp³-hybridized carbons (Fsp3) is 0.529. The highest BCUT2D eigenvalue weighted by Gasteiger charge is 2.14. The second-order valence-corrected chi connectivity index (χ2v) is 5.52. The van der Waals surface area contributed by atoms with Crippen LogP contribution in [-0.4, -0.2) is 12.1 Å². The number of azo groups is 1. The molecule has 21 heavy (non-hydrogen) atoms. The van der Waals surface area contributed by atoms with Gasteiger partial charge < -0.3 is 0 Å². The number of nitriles is 2. The standard InChI is InChI=1S/C10H16N4.C7H8/c1-7(2)9(5-11)13-14-10(6-12)8(3)4;1-7-5-3-2-4-6-7/h7-10H,1-4H3;2-6H,1H3. The fourth-order valence-electron chi connectivity index (χ4n) is 1.29. The van der Waals surface area contributed by atoms with Crippen LogP contribution in [0.3, 0.4) is 0 Å². The summed E-state index contributed by atoms with van der Waals surface area (Å²) >= 11 is 0. The van der Waals surface area contributed by atoms with Crippen molar-refractivity contribution < 1.29 is 0 Å². The maximum Gasteiger partial charge on any atom is 0.159 e. The molecule has 0 heterocycles. The maximum atomic E-state index is 8.73. The molecule has 0 aliphatic carbocycles. The summed E-state index contributed by atoms with van der Waals surface area (Å²) in [5.41, 5.74) is 1.32. The molecule has 2 unspecified atom stereocenters. The zero-order chi connectivity index (χ0) is 16.3. The third kappa shape index (κ3) is 8.55. The van der Waals surface area contributed by atoms with Crippen molar-refractivity contribution >= 4 is 0 Å². The van der Waals surface area contributed by atoms with E-state index in [1.54, 1.807) is 0 Å². The van der Waals surface area contributed by atoms with Crippen LogP contribution in [0.1, 0.15) is 33.3 Å². The van der Waals surface area contributed by atoms with E-state index in [0.29, 0.717) is 0 Å². The van der Waals surface area contributed by atoms with Crippen molar-refractivity contribution in [2.75, 3.05) is 0 Å². The Labute approximate surface area is 128 Å². The van der Waals surface area contributed by atoms with Crippen LogP contribution in [0.4, 0.5) is 0 Å². The Balaban J connectivity index is 0.000000471. The Morgan fingerprint density at radius 2 is 1.19 bits per heavy atom. The molecule has 0 aliphatic rings. The average Bonchev–Trinajstić information content (AvgIpc) is 2.44. The van der Waals surface area contributed by atoms with Gasteiger partial charge in [-0.3, -0.25) is 0 Å². The van der Waals surface area contributed by atoms with Crippen LogP contribution in [0.25, 0.3) is 0 Å². The van der Waals surface area contributed by atoms with Gasteiger partial charge in [-0.05, 0) is 18.8 Å². The third-order valence-corrected chi connectivity index (χ3v) is 2.78. The summed E-state index contributed by atoms with van der Waals surface area (Å²) in [5, 5.41) is 25.2. The molecule has 0 aromatic heterocycles. The number of hydrogen-bond acceptors (Lipinski definition) is 4. The van der Waals surface area contributed by atoms with Crippen LogP contribution in [0.2, 0.25) is 0 Å². The smallest absolute Gasteiger partial charge is 0.159 e. The topological polar surface area (TPSA) is 72.3 Å². The Morgan fingerprint density at radius 3 is 1.38 bits per heavy atom. The molecule has 0 aliphatic heterocycles. The largest absolute Gasteiger partial charge is 0.196 e. The van der Waals surface area contributed by atoms with Gasteiger partial charge in [0.05, 0.1) is 12.1 Å². The molecule has 112 valence electrons. The second-order valence-electron chi connectivity index (χ2n) is 5.52. The van der Waals surface area contributed by atoms with Crippen LogP contribution in [-0.2, 0) is 0 Å². The first-order chi connectivity index (χ1) is 9.92. The molecule has 1 rings (SSSR count). The van der Waals surface area contributed by atoms with E-state index in [9.17, 15) is 0 Å². The van der Waals surface area contributed by atoms with E-state index in [0.717, 1.165) is 0 Å². The molecule has 0 saturated carbocycles. The van der Waals surface area contributed by atoms with Crippen molar-refractivity contribution in [3.8, 4) is 12.1 Å². The lowest BCUT2D eigenvalue weighted by Gasteiger charge is -2.09. The van der Waals surface area contributed by atoms with Gasteiger partial charge >= 0.3 is 0 Å². The Morgan fingerprint density at radius 1 is 0.810 bits per heavy atom. The molecule has 4 heteroatoms. The summed E-state index contributed by atoms with van der Waals surface area (Å²) in [6.45, 7) is 9.71. The predicted octanol–water partition coefficient (Wildman–Crippen LogP) is 4.53. The molecule has 1 aromatic rings. The average molecular weight is 284 g/mol. The molecule has 0 fully saturated rings. The number of nitrogens with zero attached hydrogens (tertiary/aromatic N) is 4. The summed E-state index contributed by atoms with van der Waals surface area (Å²) in [5.74, 6) is 0.269. The van der Waals surface area contributed by atoms with Gasteiger partial charge in [-0.1, -0.05) is 63.6 Å². The first-order valence-corrected chi connectivity index (χ1v) is 7.13.